The summed E-state index contributed by atoms with van der Waals surface area (Å²) in [7, 11) is 0. The summed E-state index contributed by atoms with van der Waals surface area (Å²) in [6.07, 6.45) is 3.90. The summed E-state index contributed by atoms with van der Waals surface area (Å²) in [5.74, 6) is -0.0232. The Morgan fingerprint density at radius 1 is 1.32 bits per heavy atom. The van der Waals surface area contributed by atoms with Crippen LogP contribution in [0.25, 0.3) is 0 Å². The predicted octanol–water partition coefficient (Wildman–Crippen LogP) is 0.968. The summed E-state index contributed by atoms with van der Waals surface area (Å²) in [4.78, 5) is 32.1. The summed E-state index contributed by atoms with van der Waals surface area (Å²) < 4.78 is 0. The fourth-order valence-electron chi connectivity index (χ4n) is 2.30. The fraction of sp³-hybridized carbons (Fsp3) is 0.214. The topological polar surface area (TPSA) is 66.1 Å². The van der Waals surface area contributed by atoms with Crippen LogP contribution >= 0.6 is 0 Å². The Labute approximate surface area is 109 Å². The van der Waals surface area contributed by atoms with E-state index in [1.807, 2.05) is 0 Å². The van der Waals surface area contributed by atoms with Crippen molar-refractivity contribution in [2.45, 2.75) is 13.0 Å². The van der Waals surface area contributed by atoms with Crippen LogP contribution in [0.1, 0.15) is 21.6 Å². The summed E-state index contributed by atoms with van der Waals surface area (Å²) in [5, 5.41) is 0. The number of nitrogens with one attached hydrogen (secondary N) is 1. The van der Waals surface area contributed by atoms with Gasteiger partial charge >= 0.3 is 0 Å². The van der Waals surface area contributed by atoms with Gasteiger partial charge in [0.05, 0.1) is 5.56 Å². The second kappa shape index (κ2) is 4.68. The Hall–Kier alpha value is -2.43. The van der Waals surface area contributed by atoms with E-state index in [0.29, 0.717) is 25.1 Å². The first-order valence-corrected chi connectivity index (χ1v) is 6.14. The first kappa shape index (κ1) is 11.6. The van der Waals surface area contributed by atoms with Gasteiger partial charge in [0, 0.05) is 43.7 Å². The number of aromatic amines is 1. The van der Waals surface area contributed by atoms with Crippen LogP contribution in [0.2, 0.25) is 0 Å². The Morgan fingerprint density at radius 2 is 2.21 bits per heavy atom. The standard InChI is InChI=1S/C14H13N3O2/c18-13-4-3-11-9-17(7-5-12(11)16-13)14(19)10-2-1-6-15-8-10/h1-4,6,8H,5,7,9H2,(H,16,18). The maximum atomic E-state index is 12.3. The molecule has 3 heterocycles. The largest absolute Gasteiger partial charge is 0.334 e. The number of amides is 1. The van der Waals surface area contributed by atoms with Gasteiger partial charge in [-0.15, -0.1) is 0 Å². The minimum absolute atomic E-state index is 0.0232. The molecule has 5 nitrogen and oxygen atoms in total. The minimum atomic E-state index is -0.0919. The van der Waals surface area contributed by atoms with E-state index in [-0.39, 0.29) is 11.5 Å². The van der Waals surface area contributed by atoms with Crippen molar-refractivity contribution in [3.05, 3.63) is 63.8 Å². The number of carbonyl (C=O) groups is 1. The van der Waals surface area contributed by atoms with Crippen LogP contribution < -0.4 is 5.56 Å². The van der Waals surface area contributed by atoms with E-state index in [2.05, 4.69) is 9.97 Å². The van der Waals surface area contributed by atoms with Crippen molar-refractivity contribution >= 4 is 5.91 Å². The molecule has 2 aromatic rings. The number of nitrogens with zero attached hydrogens (tertiary/aromatic N) is 2. The Kier molecular flexibility index (Phi) is 2.87. The highest BCUT2D eigenvalue weighted by molar-refractivity contribution is 5.93. The van der Waals surface area contributed by atoms with Gasteiger partial charge in [-0.1, -0.05) is 6.07 Å². The molecular weight excluding hydrogens is 242 g/mol. The number of pyridine rings is 2. The molecule has 1 amide bonds. The van der Waals surface area contributed by atoms with Crippen molar-refractivity contribution < 1.29 is 4.79 Å². The maximum Gasteiger partial charge on any atom is 0.255 e. The number of aromatic nitrogens is 2. The van der Waals surface area contributed by atoms with Crippen molar-refractivity contribution in [2.75, 3.05) is 6.54 Å². The quantitative estimate of drug-likeness (QED) is 0.825. The molecule has 5 heteroatoms. The Bertz CT molecular complexity index is 664. The average Bonchev–Trinajstić information content (AvgIpc) is 2.47. The fourth-order valence-corrected chi connectivity index (χ4v) is 2.30. The van der Waals surface area contributed by atoms with Crippen LogP contribution in [0.5, 0.6) is 0 Å². The van der Waals surface area contributed by atoms with Crippen LogP contribution in [0, 0.1) is 0 Å². The van der Waals surface area contributed by atoms with Gasteiger partial charge in [0.15, 0.2) is 0 Å². The van der Waals surface area contributed by atoms with Crippen molar-refractivity contribution in [3.8, 4) is 0 Å². The zero-order chi connectivity index (χ0) is 13.2. The molecule has 19 heavy (non-hydrogen) atoms. The molecule has 1 aliphatic rings. The van der Waals surface area contributed by atoms with Gasteiger partial charge in [0.2, 0.25) is 5.56 Å². The lowest BCUT2D eigenvalue weighted by Gasteiger charge is -2.28. The number of carbonyl (C=O) groups excluding carboxylic acids is 1. The summed E-state index contributed by atoms with van der Waals surface area (Å²) in [6.45, 7) is 1.14. The second-order valence-corrected chi connectivity index (χ2v) is 4.54. The normalized spacial score (nSPS) is 14.0. The van der Waals surface area contributed by atoms with Gasteiger partial charge in [-0.25, -0.2) is 0 Å². The van der Waals surface area contributed by atoms with E-state index in [9.17, 15) is 9.59 Å². The molecule has 0 radical (unpaired) electrons. The SMILES string of the molecule is O=C(c1cccnc1)N1CCc2[nH]c(=O)ccc2C1. The zero-order valence-corrected chi connectivity index (χ0v) is 10.3. The number of hydrogen-bond donors (Lipinski definition) is 1. The highest BCUT2D eigenvalue weighted by atomic mass is 16.2. The molecule has 0 saturated heterocycles. The van der Waals surface area contributed by atoms with Gasteiger partial charge in [0.25, 0.3) is 5.91 Å². The van der Waals surface area contributed by atoms with Crippen molar-refractivity contribution in [1.29, 1.82) is 0 Å². The monoisotopic (exact) mass is 255 g/mol. The average molecular weight is 255 g/mol. The van der Waals surface area contributed by atoms with E-state index in [0.717, 1.165) is 11.3 Å². The summed E-state index contributed by atoms with van der Waals surface area (Å²) in [5.41, 5.74) is 2.44. The third-order valence-electron chi connectivity index (χ3n) is 3.29. The molecule has 0 aliphatic carbocycles. The second-order valence-electron chi connectivity index (χ2n) is 4.54. The molecule has 96 valence electrons. The molecule has 1 aliphatic heterocycles. The molecule has 3 rings (SSSR count). The van der Waals surface area contributed by atoms with Crippen LogP contribution in [0.4, 0.5) is 0 Å². The minimum Gasteiger partial charge on any atom is -0.334 e. The van der Waals surface area contributed by atoms with Crippen LogP contribution in [-0.2, 0) is 13.0 Å². The number of H-pyrrole nitrogens is 1. The number of rotatable bonds is 1. The Morgan fingerprint density at radius 3 is 3.00 bits per heavy atom. The van der Waals surface area contributed by atoms with E-state index in [1.54, 1.807) is 35.5 Å². The molecule has 0 aromatic carbocycles. The molecule has 0 saturated carbocycles. The number of hydrogen-bond acceptors (Lipinski definition) is 3. The molecular formula is C14H13N3O2. The van der Waals surface area contributed by atoms with Crippen molar-refractivity contribution in [2.24, 2.45) is 0 Å². The van der Waals surface area contributed by atoms with Crippen LogP contribution in [0.3, 0.4) is 0 Å². The van der Waals surface area contributed by atoms with Crippen molar-refractivity contribution in [3.63, 3.8) is 0 Å². The first-order valence-electron chi connectivity index (χ1n) is 6.14. The van der Waals surface area contributed by atoms with Crippen LogP contribution in [0.15, 0.2) is 41.5 Å². The highest BCUT2D eigenvalue weighted by Crippen LogP contribution is 2.17. The number of fused-ring (bicyclic) bond motifs is 1. The molecule has 0 fully saturated rings. The third kappa shape index (κ3) is 2.27. The molecule has 0 spiro atoms. The van der Waals surface area contributed by atoms with Gasteiger partial charge in [0.1, 0.15) is 0 Å². The molecule has 2 aromatic heterocycles. The molecule has 0 bridgehead atoms. The third-order valence-corrected chi connectivity index (χ3v) is 3.29. The lowest BCUT2D eigenvalue weighted by atomic mass is 10.0. The maximum absolute atomic E-state index is 12.3. The van der Waals surface area contributed by atoms with Crippen LogP contribution in [-0.4, -0.2) is 27.3 Å². The van der Waals surface area contributed by atoms with Gasteiger partial charge in [-0.05, 0) is 17.7 Å². The van der Waals surface area contributed by atoms with E-state index < -0.39 is 0 Å². The van der Waals surface area contributed by atoms with E-state index >= 15 is 0 Å². The van der Waals surface area contributed by atoms with Crippen molar-refractivity contribution in [1.82, 2.24) is 14.9 Å². The van der Waals surface area contributed by atoms with Gasteiger partial charge < -0.3 is 9.88 Å². The summed E-state index contributed by atoms with van der Waals surface area (Å²) in [6, 6.07) is 6.80. The van der Waals surface area contributed by atoms with Gasteiger partial charge in [-0.2, -0.15) is 0 Å². The van der Waals surface area contributed by atoms with E-state index in [4.69, 9.17) is 0 Å². The highest BCUT2D eigenvalue weighted by Gasteiger charge is 2.22. The predicted molar refractivity (Wildman–Crippen MR) is 69.7 cm³/mol. The van der Waals surface area contributed by atoms with Gasteiger partial charge in [-0.3, -0.25) is 14.6 Å². The summed E-state index contributed by atoms with van der Waals surface area (Å²) >= 11 is 0. The first-order chi connectivity index (χ1) is 9.24. The lowest BCUT2D eigenvalue weighted by Crippen LogP contribution is -2.37. The molecule has 0 atom stereocenters. The molecule has 0 unspecified atom stereocenters. The van der Waals surface area contributed by atoms with E-state index in [1.165, 1.54) is 6.07 Å². The zero-order valence-electron chi connectivity index (χ0n) is 10.3. The molecule has 1 N–H and O–H groups in total. The smallest absolute Gasteiger partial charge is 0.255 e. The Balaban J connectivity index is 1.84. The lowest BCUT2D eigenvalue weighted by molar-refractivity contribution is 0.0733.